The Bertz CT molecular complexity index is 491. The molecule has 0 atom stereocenters. The first-order valence-corrected chi connectivity index (χ1v) is 5.37. The lowest BCUT2D eigenvalue weighted by atomic mass is 10.1. The number of hydrogen-bond donors (Lipinski definition) is 1. The molecule has 1 aliphatic rings. The molecule has 1 aromatic rings. The number of aryl methyl sites for hydroxylation is 1. The van der Waals surface area contributed by atoms with Crippen LogP contribution in [-0.4, -0.2) is 18.5 Å². The summed E-state index contributed by atoms with van der Waals surface area (Å²) in [7, 11) is 0. The highest BCUT2D eigenvalue weighted by Gasteiger charge is 2.15. The fourth-order valence-electron chi connectivity index (χ4n) is 1.65. The molecule has 0 unspecified atom stereocenters. The predicted molar refractivity (Wildman–Crippen MR) is 62.1 cm³/mol. The van der Waals surface area contributed by atoms with Crippen LogP contribution in [0, 0.1) is 6.92 Å². The Balaban J connectivity index is 1.96. The Morgan fingerprint density at radius 2 is 2.18 bits per heavy atom. The van der Waals surface area contributed by atoms with Gasteiger partial charge in [-0.1, -0.05) is 24.3 Å². The molecule has 0 saturated carbocycles. The van der Waals surface area contributed by atoms with Crippen LogP contribution in [0.2, 0.25) is 0 Å². The van der Waals surface area contributed by atoms with E-state index in [9.17, 15) is 9.59 Å². The van der Waals surface area contributed by atoms with Crippen molar-refractivity contribution < 1.29 is 14.3 Å². The molecule has 0 bridgehead atoms. The van der Waals surface area contributed by atoms with E-state index in [4.69, 9.17) is 4.74 Å². The topological polar surface area (TPSA) is 55.4 Å². The minimum atomic E-state index is -0.406. The molecule has 2 rings (SSSR count). The summed E-state index contributed by atoms with van der Waals surface area (Å²) in [6.45, 7) is 2.11. The number of amides is 1. The Kier molecular flexibility index (Phi) is 3.23. The molecule has 1 amide bonds. The van der Waals surface area contributed by atoms with Crippen molar-refractivity contribution in [3.63, 3.8) is 0 Å². The normalized spacial score (nSPS) is 14.2. The van der Waals surface area contributed by atoms with Gasteiger partial charge in [-0.15, -0.1) is 0 Å². The second kappa shape index (κ2) is 4.82. The molecule has 0 fully saturated rings. The van der Waals surface area contributed by atoms with Crippen LogP contribution in [-0.2, 0) is 20.7 Å². The third-order valence-electron chi connectivity index (χ3n) is 2.57. The van der Waals surface area contributed by atoms with Gasteiger partial charge >= 0.3 is 5.97 Å². The van der Waals surface area contributed by atoms with E-state index in [1.165, 1.54) is 6.08 Å². The van der Waals surface area contributed by atoms with Crippen molar-refractivity contribution in [1.82, 2.24) is 5.32 Å². The average Bonchev–Trinajstić information content (AvgIpc) is 2.67. The van der Waals surface area contributed by atoms with Gasteiger partial charge in [-0.3, -0.25) is 4.79 Å². The van der Waals surface area contributed by atoms with Crippen molar-refractivity contribution in [2.75, 3.05) is 6.61 Å². The second-order valence-electron chi connectivity index (χ2n) is 3.93. The van der Waals surface area contributed by atoms with E-state index in [2.05, 4.69) is 5.32 Å². The first kappa shape index (κ1) is 11.4. The molecule has 1 aromatic carbocycles. The summed E-state index contributed by atoms with van der Waals surface area (Å²) in [6.07, 6.45) is 1.61. The van der Waals surface area contributed by atoms with E-state index in [0.717, 1.165) is 11.1 Å². The van der Waals surface area contributed by atoms with Crippen LogP contribution in [0.3, 0.4) is 0 Å². The molecular weight excluding hydrogens is 218 g/mol. The molecule has 0 saturated heterocycles. The Labute approximate surface area is 99.3 Å². The Morgan fingerprint density at radius 1 is 1.41 bits per heavy atom. The molecule has 0 aliphatic carbocycles. The number of benzene rings is 1. The maximum Gasteiger partial charge on any atom is 0.333 e. The van der Waals surface area contributed by atoms with Crippen molar-refractivity contribution in [3.05, 3.63) is 47.2 Å². The zero-order valence-corrected chi connectivity index (χ0v) is 9.53. The molecular formula is C13H13NO3. The number of hydrogen-bond acceptors (Lipinski definition) is 3. The fraction of sp³-hybridized carbons (Fsp3) is 0.231. The zero-order chi connectivity index (χ0) is 12.3. The van der Waals surface area contributed by atoms with Crippen LogP contribution >= 0.6 is 0 Å². The van der Waals surface area contributed by atoms with Gasteiger partial charge in [0.25, 0.3) is 0 Å². The minimum Gasteiger partial charge on any atom is -0.456 e. The number of carbonyl (C=O) groups is 2. The molecule has 1 N–H and O–H groups in total. The average molecular weight is 231 g/mol. The molecule has 0 aromatic heterocycles. The highest BCUT2D eigenvalue weighted by Crippen LogP contribution is 2.08. The lowest BCUT2D eigenvalue weighted by molar-refractivity contribution is -0.135. The summed E-state index contributed by atoms with van der Waals surface area (Å²) in [5.41, 5.74) is 2.58. The molecule has 4 heteroatoms. The first-order valence-electron chi connectivity index (χ1n) is 5.37. The Hall–Kier alpha value is -2.10. The summed E-state index contributed by atoms with van der Waals surface area (Å²) >= 11 is 0. The predicted octanol–water partition coefficient (Wildman–Crippen LogP) is 1.09. The van der Waals surface area contributed by atoms with E-state index >= 15 is 0 Å². The van der Waals surface area contributed by atoms with E-state index in [1.54, 1.807) is 0 Å². The maximum absolute atomic E-state index is 11.7. The van der Waals surface area contributed by atoms with Crippen molar-refractivity contribution in [3.8, 4) is 0 Å². The SMILES string of the molecule is Cc1ccccc1CC(=O)NC1=CC(=O)OC1. The summed E-state index contributed by atoms with van der Waals surface area (Å²) in [6, 6.07) is 7.71. The number of cyclic esters (lactones) is 1. The van der Waals surface area contributed by atoms with E-state index < -0.39 is 5.97 Å². The standard InChI is InChI=1S/C13H13NO3/c1-9-4-2-3-5-10(9)6-12(15)14-11-7-13(16)17-8-11/h2-5,7H,6,8H2,1H3,(H,14,15). The maximum atomic E-state index is 11.7. The van der Waals surface area contributed by atoms with Crippen LogP contribution < -0.4 is 5.32 Å². The minimum absolute atomic E-state index is 0.135. The molecule has 0 spiro atoms. The van der Waals surface area contributed by atoms with Crippen LogP contribution in [0.15, 0.2) is 36.0 Å². The van der Waals surface area contributed by atoms with Gasteiger partial charge in [0, 0.05) is 6.08 Å². The lowest BCUT2D eigenvalue weighted by Crippen LogP contribution is -2.25. The van der Waals surface area contributed by atoms with Gasteiger partial charge < -0.3 is 10.1 Å². The molecule has 1 aliphatic heterocycles. The van der Waals surface area contributed by atoms with Gasteiger partial charge in [-0.25, -0.2) is 4.79 Å². The van der Waals surface area contributed by atoms with Crippen LogP contribution in [0.5, 0.6) is 0 Å². The van der Waals surface area contributed by atoms with Gasteiger partial charge in [0.05, 0.1) is 12.1 Å². The summed E-state index contributed by atoms with van der Waals surface area (Å²) < 4.78 is 4.69. The zero-order valence-electron chi connectivity index (χ0n) is 9.53. The van der Waals surface area contributed by atoms with Crippen molar-refractivity contribution in [2.24, 2.45) is 0 Å². The lowest BCUT2D eigenvalue weighted by Gasteiger charge is -2.06. The number of ether oxygens (including phenoxy) is 1. The van der Waals surface area contributed by atoms with Gasteiger partial charge in [-0.05, 0) is 18.1 Å². The summed E-state index contributed by atoms with van der Waals surface area (Å²) in [4.78, 5) is 22.5. The van der Waals surface area contributed by atoms with Crippen molar-refractivity contribution in [2.45, 2.75) is 13.3 Å². The highest BCUT2D eigenvalue weighted by molar-refractivity contribution is 5.88. The fourth-order valence-corrected chi connectivity index (χ4v) is 1.65. The number of nitrogens with one attached hydrogen (secondary N) is 1. The molecule has 0 radical (unpaired) electrons. The highest BCUT2D eigenvalue weighted by atomic mass is 16.5. The molecule has 88 valence electrons. The number of carbonyl (C=O) groups excluding carboxylic acids is 2. The van der Waals surface area contributed by atoms with Crippen LogP contribution in [0.1, 0.15) is 11.1 Å². The van der Waals surface area contributed by atoms with E-state index in [1.807, 2.05) is 31.2 Å². The molecule has 1 heterocycles. The van der Waals surface area contributed by atoms with Gasteiger partial charge in [0.15, 0.2) is 0 Å². The monoisotopic (exact) mass is 231 g/mol. The van der Waals surface area contributed by atoms with Crippen molar-refractivity contribution in [1.29, 1.82) is 0 Å². The van der Waals surface area contributed by atoms with Crippen molar-refractivity contribution >= 4 is 11.9 Å². The van der Waals surface area contributed by atoms with Gasteiger partial charge in [0.1, 0.15) is 6.61 Å². The third-order valence-corrected chi connectivity index (χ3v) is 2.57. The molecule has 17 heavy (non-hydrogen) atoms. The van der Waals surface area contributed by atoms with Crippen LogP contribution in [0.25, 0.3) is 0 Å². The largest absolute Gasteiger partial charge is 0.456 e. The van der Waals surface area contributed by atoms with Gasteiger partial charge in [0.2, 0.25) is 5.91 Å². The quantitative estimate of drug-likeness (QED) is 0.792. The van der Waals surface area contributed by atoms with E-state index in [0.29, 0.717) is 12.1 Å². The van der Waals surface area contributed by atoms with E-state index in [-0.39, 0.29) is 12.5 Å². The third kappa shape index (κ3) is 2.93. The Morgan fingerprint density at radius 3 is 2.82 bits per heavy atom. The number of rotatable bonds is 3. The smallest absolute Gasteiger partial charge is 0.333 e. The second-order valence-corrected chi connectivity index (χ2v) is 3.93. The summed E-state index contributed by atoms with van der Waals surface area (Å²) in [5.74, 6) is -0.542. The molecule has 4 nitrogen and oxygen atoms in total. The number of esters is 1. The first-order chi connectivity index (χ1) is 8.15. The summed E-state index contributed by atoms with van der Waals surface area (Å²) in [5, 5.41) is 2.66. The van der Waals surface area contributed by atoms with Crippen LogP contribution in [0.4, 0.5) is 0 Å². The van der Waals surface area contributed by atoms with Gasteiger partial charge in [-0.2, -0.15) is 0 Å².